The molecule has 0 aromatic heterocycles. The number of benzene rings is 2. The number of hydrogen-bond donors (Lipinski definition) is 0. The summed E-state index contributed by atoms with van der Waals surface area (Å²) in [6.07, 6.45) is 2.20. The van der Waals surface area contributed by atoms with Crippen molar-refractivity contribution in [2.75, 3.05) is 6.61 Å². The van der Waals surface area contributed by atoms with Crippen LogP contribution >= 0.6 is 0 Å². The maximum atomic E-state index is 14.2. The van der Waals surface area contributed by atoms with Gasteiger partial charge in [0.1, 0.15) is 5.75 Å². The van der Waals surface area contributed by atoms with E-state index >= 15 is 0 Å². The van der Waals surface area contributed by atoms with Gasteiger partial charge in [0.2, 0.25) is 0 Å². The van der Waals surface area contributed by atoms with E-state index in [-0.39, 0.29) is 23.0 Å². The van der Waals surface area contributed by atoms with Crippen LogP contribution in [0.1, 0.15) is 42.6 Å². The fraction of sp³-hybridized carbons (Fsp3) is 0.316. The normalized spacial score (nSPS) is 15.1. The Kier molecular flexibility index (Phi) is 4.07. The monoisotopic (exact) mass is 314 g/mol. The van der Waals surface area contributed by atoms with Gasteiger partial charge in [-0.25, -0.2) is 9.18 Å². The highest BCUT2D eigenvalue weighted by Crippen LogP contribution is 2.48. The Morgan fingerprint density at radius 3 is 2.43 bits per heavy atom. The molecule has 0 unspecified atom stereocenters. The number of ether oxygens (including phenoxy) is 2. The first kappa shape index (κ1) is 15.5. The maximum absolute atomic E-state index is 14.2. The van der Waals surface area contributed by atoms with Crippen molar-refractivity contribution < 1.29 is 18.7 Å². The van der Waals surface area contributed by atoms with E-state index in [4.69, 9.17) is 9.47 Å². The Labute approximate surface area is 135 Å². The first-order valence-electron chi connectivity index (χ1n) is 7.77. The minimum atomic E-state index is -0.382. The van der Waals surface area contributed by atoms with Crippen LogP contribution in [0.5, 0.6) is 11.5 Å². The summed E-state index contributed by atoms with van der Waals surface area (Å²) >= 11 is 0. The Morgan fingerprint density at radius 1 is 1.17 bits per heavy atom. The first-order chi connectivity index (χ1) is 11.0. The highest BCUT2D eigenvalue weighted by Gasteiger charge is 2.39. The molecule has 0 amide bonds. The Bertz CT molecular complexity index is 718. The van der Waals surface area contributed by atoms with Crippen molar-refractivity contribution in [2.45, 2.75) is 32.1 Å². The fourth-order valence-corrected chi connectivity index (χ4v) is 2.44. The van der Waals surface area contributed by atoms with Crippen molar-refractivity contribution in [3.8, 4) is 11.5 Å². The molecule has 23 heavy (non-hydrogen) atoms. The number of carbonyl (C=O) groups excluding carboxylic acids is 1. The minimum Gasteiger partial charge on any atom is -0.462 e. The van der Waals surface area contributed by atoms with Gasteiger partial charge in [-0.2, -0.15) is 0 Å². The van der Waals surface area contributed by atoms with Gasteiger partial charge in [-0.1, -0.05) is 13.0 Å². The second-order valence-corrected chi connectivity index (χ2v) is 6.05. The number of esters is 1. The molecule has 0 N–H and O–H groups in total. The van der Waals surface area contributed by atoms with Gasteiger partial charge in [-0.3, -0.25) is 0 Å². The third-order valence-corrected chi connectivity index (χ3v) is 4.22. The van der Waals surface area contributed by atoms with Crippen molar-refractivity contribution in [2.24, 2.45) is 0 Å². The molecule has 0 saturated heterocycles. The standard InChI is InChI=1S/C19H19FO3/c1-3-22-18(21)13-4-7-15(8-5-13)23-17-9-6-14(12-16(17)20)19(2)10-11-19/h4-9,12H,3,10-11H2,1-2H3. The molecule has 0 atom stereocenters. The molecule has 120 valence electrons. The summed E-state index contributed by atoms with van der Waals surface area (Å²) in [7, 11) is 0. The van der Waals surface area contributed by atoms with E-state index in [0.717, 1.165) is 18.4 Å². The first-order valence-corrected chi connectivity index (χ1v) is 7.77. The van der Waals surface area contributed by atoms with E-state index in [2.05, 4.69) is 6.92 Å². The molecule has 2 aromatic carbocycles. The zero-order valence-corrected chi connectivity index (χ0v) is 13.3. The van der Waals surface area contributed by atoms with Crippen LogP contribution in [-0.2, 0) is 10.2 Å². The molecule has 1 aliphatic carbocycles. The number of rotatable bonds is 5. The van der Waals surface area contributed by atoms with Crippen molar-refractivity contribution in [3.63, 3.8) is 0 Å². The van der Waals surface area contributed by atoms with E-state index in [1.54, 1.807) is 43.3 Å². The van der Waals surface area contributed by atoms with Crippen LogP contribution in [0.25, 0.3) is 0 Å². The molecule has 4 heteroatoms. The predicted molar refractivity (Wildman–Crippen MR) is 85.5 cm³/mol. The van der Waals surface area contributed by atoms with E-state index < -0.39 is 0 Å². The van der Waals surface area contributed by atoms with Crippen LogP contribution in [0.4, 0.5) is 4.39 Å². The molecular weight excluding hydrogens is 295 g/mol. The predicted octanol–water partition coefficient (Wildman–Crippen LogP) is 4.85. The smallest absolute Gasteiger partial charge is 0.338 e. The van der Waals surface area contributed by atoms with Crippen LogP contribution in [0, 0.1) is 5.82 Å². The van der Waals surface area contributed by atoms with Gasteiger partial charge in [0.15, 0.2) is 11.6 Å². The maximum Gasteiger partial charge on any atom is 0.338 e. The number of carbonyl (C=O) groups is 1. The van der Waals surface area contributed by atoms with E-state index in [1.165, 1.54) is 0 Å². The molecule has 0 heterocycles. The van der Waals surface area contributed by atoms with E-state index in [0.29, 0.717) is 17.9 Å². The van der Waals surface area contributed by atoms with Gasteiger partial charge in [0, 0.05) is 0 Å². The topological polar surface area (TPSA) is 35.5 Å². The Morgan fingerprint density at radius 2 is 1.87 bits per heavy atom. The lowest BCUT2D eigenvalue weighted by Crippen LogP contribution is -2.04. The molecule has 2 aromatic rings. The summed E-state index contributed by atoms with van der Waals surface area (Å²) in [4.78, 5) is 11.6. The van der Waals surface area contributed by atoms with Gasteiger partial charge < -0.3 is 9.47 Å². The Hall–Kier alpha value is -2.36. The lowest BCUT2D eigenvalue weighted by atomic mass is 9.98. The highest BCUT2D eigenvalue weighted by molar-refractivity contribution is 5.89. The lowest BCUT2D eigenvalue weighted by molar-refractivity contribution is 0.0526. The van der Waals surface area contributed by atoms with Crippen LogP contribution in [0.2, 0.25) is 0 Å². The van der Waals surface area contributed by atoms with Crippen LogP contribution in [0.3, 0.4) is 0 Å². The molecule has 1 saturated carbocycles. The Balaban J connectivity index is 1.73. The van der Waals surface area contributed by atoms with Crippen LogP contribution in [0.15, 0.2) is 42.5 Å². The summed E-state index contributed by atoms with van der Waals surface area (Å²) in [5.41, 5.74) is 1.58. The van der Waals surface area contributed by atoms with Crippen LogP contribution < -0.4 is 4.74 Å². The molecule has 0 spiro atoms. The zero-order valence-electron chi connectivity index (χ0n) is 13.3. The van der Waals surface area contributed by atoms with E-state index in [9.17, 15) is 9.18 Å². The van der Waals surface area contributed by atoms with Crippen molar-refractivity contribution in [1.82, 2.24) is 0 Å². The molecule has 1 fully saturated rings. The second kappa shape index (κ2) is 6.03. The molecule has 3 rings (SSSR count). The molecule has 0 bridgehead atoms. The van der Waals surface area contributed by atoms with Gasteiger partial charge >= 0.3 is 5.97 Å². The summed E-state index contributed by atoms with van der Waals surface area (Å²) in [6, 6.07) is 11.6. The third kappa shape index (κ3) is 3.36. The molecule has 3 nitrogen and oxygen atoms in total. The molecule has 0 radical (unpaired) electrons. The quantitative estimate of drug-likeness (QED) is 0.740. The molecular formula is C19H19FO3. The zero-order chi connectivity index (χ0) is 16.4. The molecule has 1 aliphatic rings. The van der Waals surface area contributed by atoms with Crippen LogP contribution in [-0.4, -0.2) is 12.6 Å². The summed E-state index contributed by atoms with van der Waals surface area (Å²) in [5, 5.41) is 0. The van der Waals surface area contributed by atoms with Crippen molar-refractivity contribution in [1.29, 1.82) is 0 Å². The number of halogens is 1. The average molecular weight is 314 g/mol. The second-order valence-electron chi connectivity index (χ2n) is 6.05. The number of hydrogen-bond acceptors (Lipinski definition) is 3. The summed E-state index contributed by atoms with van der Waals surface area (Å²) in [6.45, 7) is 4.22. The van der Waals surface area contributed by atoms with Crippen molar-refractivity contribution in [3.05, 3.63) is 59.4 Å². The van der Waals surface area contributed by atoms with E-state index in [1.807, 2.05) is 6.07 Å². The average Bonchev–Trinajstić information content (AvgIpc) is 3.29. The summed E-state index contributed by atoms with van der Waals surface area (Å²) in [5.74, 6) is -0.0958. The van der Waals surface area contributed by atoms with Gasteiger partial charge in [0.05, 0.1) is 12.2 Å². The van der Waals surface area contributed by atoms with Gasteiger partial charge in [-0.15, -0.1) is 0 Å². The highest BCUT2D eigenvalue weighted by atomic mass is 19.1. The third-order valence-electron chi connectivity index (χ3n) is 4.22. The molecule has 0 aliphatic heterocycles. The van der Waals surface area contributed by atoms with Crippen molar-refractivity contribution >= 4 is 5.97 Å². The largest absolute Gasteiger partial charge is 0.462 e. The minimum absolute atomic E-state index is 0.126. The lowest BCUT2D eigenvalue weighted by Gasteiger charge is -2.12. The van der Waals surface area contributed by atoms with Gasteiger partial charge in [0.25, 0.3) is 0 Å². The summed E-state index contributed by atoms with van der Waals surface area (Å²) < 4.78 is 24.7. The SMILES string of the molecule is CCOC(=O)c1ccc(Oc2ccc(C3(C)CC3)cc2F)cc1. The fourth-order valence-electron chi connectivity index (χ4n) is 2.44. The van der Waals surface area contributed by atoms with Gasteiger partial charge in [-0.05, 0) is 67.1 Å².